The van der Waals surface area contributed by atoms with Gasteiger partial charge in [-0.05, 0) is 32.1 Å². The summed E-state index contributed by atoms with van der Waals surface area (Å²) in [5.41, 5.74) is 0. The third kappa shape index (κ3) is 6.04. The van der Waals surface area contributed by atoms with Crippen molar-refractivity contribution in [3.05, 3.63) is 0 Å². The molecule has 0 radical (unpaired) electrons. The Morgan fingerprint density at radius 2 is 1.56 bits per heavy atom. The minimum Gasteiger partial charge on any atom is -0.356 e. The molecule has 0 atom stereocenters. The second-order valence-electron chi connectivity index (χ2n) is 6.93. The van der Waals surface area contributed by atoms with Crippen molar-refractivity contribution in [2.45, 2.75) is 58.3 Å². The van der Waals surface area contributed by atoms with Crippen LogP contribution in [0.25, 0.3) is 0 Å². The Hall–Kier alpha value is -2.45. The fourth-order valence-corrected chi connectivity index (χ4v) is 3.21. The minimum absolute atomic E-state index is 0.0650. The summed E-state index contributed by atoms with van der Waals surface area (Å²) in [6.45, 7) is 2.88. The molecule has 0 spiro atoms. The number of rotatable bonds is 8. The number of amides is 4. The molecule has 2 N–H and O–H groups in total. The average molecular weight is 381 g/mol. The van der Waals surface area contributed by atoms with Gasteiger partial charge < -0.3 is 15.5 Å². The standard InChI is InChI=1S/C18H27N3O6/c1-2-10-19-14(22)9-11-20-17(25)12-3-5-13(6-4-12)18(26)27-21-15(23)7-8-16(21)24/h12-13H,2-11H2,1H3,(H,19,22)(H,20,25). The molecule has 2 fully saturated rings. The summed E-state index contributed by atoms with van der Waals surface area (Å²) < 4.78 is 0. The van der Waals surface area contributed by atoms with Crippen LogP contribution in [-0.4, -0.2) is 47.8 Å². The van der Waals surface area contributed by atoms with Crippen LogP contribution < -0.4 is 10.6 Å². The summed E-state index contributed by atoms with van der Waals surface area (Å²) in [6, 6.07) is 0. The van der Waals surface area contributed by atoms with Crippen LogP contribution in [0.15, 0.2) is 0 Å². The van der Waals surface area contributed by atoms with Gasteiger partial charge in [0.05, 0.1) is 5.92 Å². The van der Waals surface area contributed by atoms with Gasteiger partial charge in [0.15, 0.2) is 0 Å². The van der Waals surface area contributed by atoms with Crippen molar-refractivity contribution in [3.8, 4) is 0 Å². The molecule has 1 saturated carbocycles. The molecule has 1 saturated heterocycles. The van der Waals surface area contributed by atoms with E-state index in [9.17, 15) is 24.0 Å². The maximum atomic E-state index is 12.2. The highest BCUT2D eigenvalue weighted by Crippen LogP contribution is 2.30. The molecule has 1 aliphatic heterocycles. The van der Waals surface area contributed by atoms with Gasteiger partial charge in [-0.1, -0.05) is 6.92 Å². The van der Waals surface area contributed by atoms with Crippen molar-refractivity contribution < 1.29 is 28.8 Å². The maximum Gasteiger partial charge on any atom is 0.336 e. The lowest BCUT2D eigenvalue weighted by Crippen LogP contribution is -2.38. The lowest BCUT2D eigenvalue weighted by atomic mass is 9.81. The summed E-state index contributed by atoms with van der Waals surface area (Å²) in [5.74, 6) is -2.42. The molecule has 0 unspecified atom stereocenters. The third-order valence-electron chi connectivity index (χ3n) is 4.84. The van der Waals surface area contributed by atoms with Gasteiger partial charge in [-0.25, -0.2) is 4.79 Å². The molecule has 2 rings (SSSR count). The van der Waals surface area contributed by atoms with Crippen LogP contribution in [0.4, 0.5) is 0 Å². The first-order chi connectivity index (χ1) is 12.9. The normalized spacial score (nSPS) is 22.5. The molecular weight excluding hydrogens is 354 g/mol. The molecule has 1 aliphatic carbocycles. The van der Waals surface area contributed by atoms with Crippen LogP contribution in [0.2, 0.25) is 0 Å². The van der Waals surface area contributed by atoms with E-state index in [1.165, 1.54) is 0 Å². The van der Waals surface area contributed by atoms with Crippen molar-refractivity contribution in [2.24, 2.45) is 11.8 Å². The molecular formula is C18H27N3O6. The fraction of sp³-hybridized carbons (Fsp3) is 0.722. The number of nitrogens with zero attached hydrogens (tertiary/aromatic N) is 1. The molecule has 0 aromatic carbocycles. The summed E-state index contributed by atoms with van der Waals surface area (Å²) in [7, 11) is 0. The highest BCUT2D eigenvalue weighted by molar-refractivity contribution is 6.01. The van der Waals surface area contributed by atoms with E-state index in [1.54, 1.807) is 0 Å². The third-order valence-corrected chi connectivity index (χ3v) is 4.84. The number of nitrogens with one attached hydrogen (secondary N) is 2. The number of carbonyl (C=O) groups is 5. The molecule has 0 aromatic heterocycles. The van der Waals surface area contributed by atoms with Crippen molar-refractivity contribution in [3.63, 3.8) is 0 Å². The average Bonchev–Trinajstić information content (AvgIpc) is 2.98. The number of hydrogen-bond donors (Lipinski definition) is 2. The van der Waals surface area contributed by atoms with Gasteiger partial charge in [0.1, 0.15) is 0 Å². The van der Waals surface area contributed by atoms with Crippen molar-refractivity contribution >= 4 is 29.6 Å². The van der Waals surface area contributed by atoms with Gasteiger partial charge in [0.2, 0.25) is 11.8 Å². The first kappa shape index (κ1) is 20.9. The zero-order valence-corrected chi connectivity index (χ0v) is 15.6. The molecule has 4 amide bonds. The van der Waals surface area contributed by atoms with E-state index in [0.29, 0.717) is 37.3 Å². The molecule has 9 heteroatoms. The van der Waals surface area contributed by atoms with E-state index < -0.39 is 23.7 Å². The number of imide groups is 1. The van der Waals surface area contributed by atoms with Crippen LogP contribution in [0.5, 0.6) is 0 Å². The Labute approximate surface area is 158 Å². The monoisotopic (exact) mass is 381 g/mol. The summed E-state index contributed by atoms with van der Waals surface area (Å²) in [5, 5.41) is 6.07. The Kier molecular flexibility index (Phi) is 7.75. The summed E-state index contributed by atoms with van der Waals surface area (Å²) in [6.07, 6.45) is 3.21. The predicted molar refractivity (Wildman–Crippen MR) is 93.6 cm³/mol. The molecule has 2 aliphatic rings. The lowest BCUT2D eigenvalue weighted by molar-refractivity contribution is -0.201. The van der Waals surface area contributed by atoms with Crippen LogP contribution in [0.1, 0.15) is 58.3 Å². The van der Waals surface area contributed by atoms with Crippen LogP contribution in [0.3, 0.4) is 0 Å². The fourth-order valence-electron chi connectivity index (χ4n) is 3.21. The molecule has 9 nitrogen and oxygen atoms in total. The second-order valence-corrected chi connectivity index (χ2v) is 6.93. The smallest absolute Gasteiger partial charge is 0.336 e. The van der Waals surface area contributed by atoms with Crippen LogP contribution >= 0.6 is 0 Å². The molecule has 27 heavy (non-hydrogen) atoms. The first-order valence-corrected chi connectivity index (χ1v) is 9.54. The molecule has 0 aromatic rings. The Bertz CT molecular complexity index is 582. The number of carbonyl (C=O) groups excluding carboxylic acids is 5. The number of hydroxylamine groups is 2. The lowest BCUT2D eigenvalue weighted by Gasteiger charge is -2.27. The SMILES string of the molecule is CCCNC(=O)CCNC(=O)C1CCC(C(=O)ON2C(=O)CCC2=O)CC1. The topological polar surface area (TPSA) is 122 Å². The van der Waals surface area contributed by atoms with Crippen LogP contribution in [-0.2, 0) is 28.8 Å². The summed E-state index contributed by atoms with van der Waals surface area (Å²) >= 11 is 0. The Morgan fingerprint density at radius 1 is 0.963 bits per heavy atom. The minimum atomic E-state index is -0.593. The van der Waals surface area contributed by atoms with Gasteiger partial charge in [0.25, 0.3) is 11.8 Å². The maximum absolute atomic E-state index is 12.2. The zero-order valence-electron chi connectivity index (χ0n) is 15.6. The van der Waals surface area contributed by atoms with E-state index in [1.807, 2.05) is 6.92 Å². The van der Waals surface area contributed by atoms with Crippen LogP contribution in [0, 0.1) is 11.8 Å². The van der Waals surface area contributed by atoms with Gasteiger partial charge in [-0.2, -0.15) is 0 Å². The quantitative estimate of drug-likeness (QED) is 0.588. The Morgan fingerprint density at radius 3 is 2.15 bits per heavy atom. The summed E-state index contributed by atoms with van der Waals surface area (Å²) in [4.78, 5) is 63.8. The highest BCUT2D eigenvalue weighted by Gasteiger charge is 2.36. The van der Waals surface area contributed by atoms with Crippen molar-refractivity contribution in [1.82, 2.24) is 15.7 Å². The molecule has 0 bridgehead atoms. The first-order valence-electron chi connectivity index (χ1n) is 9.54. The van der Waals surface area contributed by atoms with E-state index in [-0.39, 0.29) is 43.5 Å². The van der Waals surface area contributed by atoms with E-state index in [4.69, 9.17) is 4.84 Å². The van der Waals surface area contributed by atoms with Gasteiger partial charge in [-0.3, -0.25) is 19.2 Å². The highest BCUT2D eigenvalue weighted by atomic mass is 16.7. The molecule has 1 heterocycles. The predicted octanol–water partition coefficient (Wildman–Crippen LogP) is 0.433. The van der Waals surface area contributed by atoms with E-state index >= 15 is 0 Å². The Balaban J connectivity index is 1.67. The largest absolute Gasteiger partial charge is 0.356 e. The second kappa shape index (κ2) is 10.0. The van der Waals surface area contributed by atoms with Gasteiger partial charge in [0, 0.05) is 38.3 Å². The van der Waals surface area contributed by atoms with E-state index in [2.05, 4.69) is 10.6 Å². The number of hydrogen-bond acceptors (Lipinski definition) is 6. The van der Waals surface area contributed by atoms with E-state index in [0.717, 1.165) is 6.42 Å². The van der Waals surface area contributed by atoms with Gasteiger partial charge in [-0.15, -0.1) is 5.06 Å². The van der Waals surface area contributed by atoms with Crippen molar-refractivity contribution in [1.29, 1.82) is 0 Å². The zero-order chi connectivity index (χ0) is 19.8. The molecule has 150 valence electrons. The van der Waals surface area contributed by atoms with Gasteiger partial charge >= 0.3 is 5.97 Å². The van der Waals surface area contributed by atoms with Crippen molar-refractivity contribution in [2.75, 3.05) is 13.1 Å².